The normalized spacial score (nSPS) is 11.1. The van der Waals surface area contributed by atoms with Crippen LogP contribution in [-0.2, 0) is 14.3 Å². The zero-order chi connectivity index (χ0) is 12.8. The maximum atomic E-state index is 11.8. The number of likely N-dealkylation sites (N-methyl/N-ethyl adjacent to an activating group) is 1. The van der Waals surface area contributed by atoms with E-state index in [1.54, 1.807) is 7.11 Å². The topological polar surface area (TPSA) is 58.6 Å². The van der Waals surface area contributed by atoms with Crippen LogP contribution in [-0.4, -0.2) is 49.1 Å². The van der Waals surface area contributed by atoms with Gasteiger partial charge in [0.1, 0.15) is 0 Å². The van der Waals surface area contributed by atoms with Crippen molar-refractivity contribution in [2.24, 2.45) is 0 Å². The number of amides is 2. The van der Waals surface area contributed by atoms with Gasteiger partial charge in [-0.1, -0.05) is 0 Å². The Bertz CT molecular complexity index is 246. The van der Waals surface area contributed by atoms with E-state index in [1.165, 1.54) is 4.90 Å². The molecule has 0 aliphatic heterocycles. The van der Waals surface area contributed by atoms with Crippen LogP contribution in [0.1, 0.15) is 27.7 Å². The second-order valence-electron chi connectivity index (χ2n) is 4.47. The number of nitrogens with zero attached hydrogens (tertiary/aromatic N) is 1. The van der Waals surface area contributed by atoms with Gasteiger partial charge in [-0.3, -0.25) is 9.59 Å². The summed E-state index contributed by atoms with van der Waals surface area (Å²) in [4.78, 5) is 24.8. The van der Waals surface area contributed by atoms with Crippen LogP contribution in [0.4, 0.5) is 0 Å². The van der Waals surface area contributed by atoms with E-state index >= 15 is 0 Å². The van der Waals surface area contributed by atoms with Gasteiger partial charge in [-0.15, -0.1) is 0 Å². The van der Waals surface area contributed by atoms with Crippen LogP contribution >= 0.6 is 0 Å². The molecule has 5 heteroatoms. The summed E-state index contributed by atoms with van der Waals surface area (Å²) in [6, 6.07) is 0. The number of ether oxygens (including phenoxy) is 1. The van der Waals surface area contributed by atoms with Crippen molar-refractivity contribution in [3.8, 4) is 0 Å². The minimum absolute atomic E-state index is 0.343. The third kappa shape index (κ3) is 4.61. The minimum atomic E-state index is -0.575. The monoisotopic (exact) mass is 230 g/mol. The molecule has 0 radical (unpaired) electrons. The highest BCUT2D eigenvalue weighted by Crippen LogP contribution is 2.12. The molecule has 0 aliphatic rings. The van der Waals surface area contributed by atoms with Crippen molar-refractivity contribution < 1.29 is 14.3 Å². The molecular formula is C11H22N2O3. The standard InChI is InChI=1S/C11H22N2O3/c1-6-13(11(2,3)4)10(15)9(14)12-7-8-16-5/h6-8H2,1-5H3,(H,12,14). The van der Waals surface area contributed by atoms with Gasteiger partial charge in [0, 0.05) is 25.7 Å². The van der Waals surface area contributed by atoms with Crippen molar-refractivity contribution in [1.29, 1.82) is 0 Å². The van der Waals surface area contributed by atoms with E-state index in [0.717, 1.165) is 0 Å². The summed E-state index contributed by atoms with van der Waals surface area (Å²) in [5.41, 5.74) is -0.343. The molecule has 5 nitrogen and oxygen atoms in total. The quantitative estimate of drug-likeness (QED) is 0.561. The number of carbonyl (C=O) groups is 2. The van der Waals surface area contributed by atoms with Gasteiger partial charge in [0.05, 0.1) is 6.61 Å². The van der Waals surface area contributed by atoms with Gasteiger partial charge >= 0.3 is 11.8 Å². The van der Waals surface area contributed by atoms with Crippen LogP contribution in [0, 0.1) is 0 Å². The molecule has 0 aliphatic carbocycles. The van der Waals surface area contributed by atoms with Gasteiger partial charge < -0.3 is 15.0 Å². The lowest BCUT2D eigenvalue weighted by Gasteiger charge is -2.34. The molecule has 0 heterocycles. The summed E-state index contributed by atoms with van der Waals surface area (Å²) in [7, 11) is 1.54. The zero-order valence-corrected chi connectivity index (χ0v) is 10.8. The molecule has 0 bridgehead atoms. The highest BCUT2D eigenvalue weighted by atomic mass is 16.5. The smallest absolute Gasteiger partial charge is 0.312 e. The van der Waals surface area contributed by atoms with Crippen molar-refractivity contribution >= 4 is 11.8 Å². The van der Waals surface area contributed by atoms with Gasteiger partial charge in [0.25, 0.3) is 0 Å². The van der Waals surface area contributed by atoms with E-state index in [2.05, 4.69) is 5.32 Å². The highest BCUT2D eigenvalue weighted by Gasteiger charge is 2.29. The summed E-state index contributed by atoms with van der Waals surface area (Å²) >= 11 is 0. The average Bonchev–Trinajstić information content (AvgIpc) is 2.16. The van der Waals surface area contributed by atoms with Crippen LogP contribution in [0.15, 0.2) is 0 Å². The largest absolute Gasteiger partial charge is 0.383 e. The number of methoxy groups -OCH3 is 1. The van der Waals surface area contributed by atoms with Crippen LogP contribution in [0.3, 0.4) is 0 Å². The summed E-state index contributed by atoms with van der Waals surface area (Å²) in [5, 5.41) is 2.52. The van der Waals surface area contributed by atoms with E-state index in [-0.39, 0.29) is 5.54 Å². The molecule has 0 saturated heterocycles. The number of nitrogens with one attached hydrogen (secondary N) is 1. The molecule has 1 N–H and O–H groups in total. The summed E-state index contributed by atoms with van der Waals surface area (Å²) < 4.78 is 4.79. The molecule has 94 valence electrons. The van der Waals surface area contributed by atoms with Crippen molar-refractivity contribution in [2.45, 2.75) is 33.2 Å². The lowest BCUT2D eigenvalue weighted by atomic mass is 10.1. The first kappa shape index (κ1) is 14.9. The minimum Gasteiger partial charge on any atom is -0.383 e. The van der Waals surface area contributed by atoms with Crippen LogP contribution in [0.25, 0.3) is 0 Å². The molecule has 0 fully saturated rings. The molecule has 0 rings (SSSR count). The molecule has 0 aromatic carbocycles. The summed E-state index contributed by atoms with van der Waals surface area (Å²) in [5.74, 6) is -1.07. The molecule has 2 amide bonds. The molecular weight excluding hydrogens is 208 g/mol. The zero-order valence-electron chi connectivity index (χ0n) is 10.8. The van der Waals surface area contributed by atoms with E-state index in [4.69, 9.17) is 4.74 Å². The lowest BCUT2D eigenvalue weighted by Crippen LogP contribution is -2.51. The number of hydrogen-bond acceptors (Lipinski definition) is 3. The van der Waals surface area contributed by atoms with Crippen molar-refractivity contribution in [2.75, 3.05) is 26.8 Å². The van der Waals surface area contributed by atoms with Crippen molar-refractivity contribution in [3.63, 3.8) is 0 Å². The molecule has 0 aromatic rings. The van der Waals surface area contributed by atoms with Crippen molar-refractivity contribution in [3.05, 3.63) is 0 Å². The Hall–Kier alpha value is -1.10. The Kier molecular flexibility index (Phi) is 6.03. The second-order valence-corrected chi connectivity index (χ2v) is 4.47. The van der Waals surface area contributed by atoms with E-state index in [0.29, 0.717) is 19.7 Å². The molecule has 0 spiro atoms. The fourth-order valence-corrected chi connectivity index (χ4v) is 1.39. The maximum Gasteiger partial charge on any atom is 0.312 e. The Morgan fingerprint density at radius 3 is 2.25 bits per heavy atom. The Morgan fingerprint density at radius 1 is 1.31 bits per heavy atom. The summed E-state index contributed by atoms with van der Waals surface area (Å²) in [6.07, 6.45) is 0. The van der Waals surface area contributed by atoms with Gasteiger partial charge in [0.2, 0.25) is 0 Å². The Labute approximate surface area is 97.1 Å². The first-order valence-corrected chi connectivity index (χ1v) is 5.43. The number of carbonyl (C=O) groups excluding carboxylic acids is 2. The van der Waals surface area contributed by atoms with Crippen LogP contribution in [0.5, 0.6) is 0 Å². The van der Waals surface area contributed by atoms with E-state index in [9.17, 15) is 9.59 Å². The Morgan fingerprint density at radius 2 is 1.88 bits per heavy atom. The van der Waals surface area contributed by atoms with Gasteiger partial charge in [-0.05, 0) is 27.7 Å². The molecule has 0 aromatic heterocycles. The van der Waals surface area contributed by atoms with Crippen LogP contribution in [0.2, 0.25) is 0 Å². The number of hydrogen-bond donors (Lipinski definition) is 1. The van der Waals surface area contributed by atoms with Gasteiger partial charge in [-0.2, -0.15) is 0 Å². The van der Waals surface area contributed by atoms with Crippen molar-refractivity contribution in [1.82, 2.24) is 10.2 Å². The molecule has 0 saturated carbocycles. The average molecular weight is 230 g/mol. The molecule has 16 heavy (non-hydrogen) atoms. The fourth-order valence-electron chi connectivity index (χ4n) is 1.39. The SMILES string of the molecule is CCN(C(=O)C(=O)NCCOC)C(C)(C)C. The number of rotatable bonds is 4. The second kappa shape index (κ2) is 6.48. The lowest BCUT2D eigenvalue weighted by molar-refractivity contribution is -0.149. The maximum absolute atomic E-state index is 11.8. The Balaban J connectivity index is 4.35. The highest BCUT2D eigenvalue weighted by molar-refractivity contribution is 6.35. The van der Waals surface area contributed by atoms with Crippen LogP contribution < -0.4 is 5.32 Å². The predicted octanol–water partition coefficient (Wildman–Crippen LogP) is 0.396. The van der Waals surface area contributed by atoms with E-state index < -0.39 is 11.8 Å². The van der Waals surface area contributed by atoms with E-state index in [1.807, 2.05) is 27.7 Å². The fraction of sp³-hybridized carbons (Fsp3) is 0.818. The third-order valence-electron chi connectivity index (χ3n) is 2.16. The van der Waals surface area contributed by atoms with Gasteiger partial charge in [0.15, 0.2) is 0 Å². The molecule has 0 unspecified atom stereocenters. The first-order valence-electron chi connectivity index (χ1n) is 5.43. The van der Waals surface area contributed by atoms with Gasteiger partial charge in [-0.25, -0.2) is 0 Å². The predicted molar refractivity (Wildman–Crippen MR) is 62.0 cm³/mol. The first-order chi connectivity index (χ1) is 7.34. The molecule has 0 atom stereocenters. The third-order valence-corrected chi connectivity index (χ3v) is 2.16. The summed E-state index contributed by atoms with van der Waals surface area (Å²) in [6.45, 7) is 8.82.